The maximum absolute atomic E-state index is 13.8. The molecule has 0 fully saturated rings. The summed E-state index contributed by atoms with van der Waals surface area (Å²) in [6.45, 7) is 0. The molecule has 0 aliphatic carbocycles. The van der Waals surface area contributed by atoms with Crippen molar-refractivity contribution in [1.82, 2.24) is 5.32 Å². The van der Waals surface area contributed by atoms with Crippen LogP contribution in [-0.2, 0) is 6.42 Å². The molecule has 2 rings (SSSR count). The summed E-state index contributed by atoms with van der Waals surface area (Å²) >= 11 is 3.28. The Hall–Kier alpha value is -1.33. The molecule has 1 unspecified atom stereocenters. The van der Waals surface area contributed by atoms with Gasteiger partial charge in [-0.3, -0.25) is 0 Å². The normalized spacial score (nSPS) is 12.4. The van der Waals surface area contributed by atoms with Crippen LogP contribution in [0.2, 0.25) is 0 Å². The summed E-state index contributed by atoms with van der Waals surface area (Å²) in [6, 6.07) is 7.58. The van der Waals surface area contributed by atoms with Gasteiger partial charge in [-0.2, -0.15) is 0 Å². The van der Waals surface area contributed by atoms with E-state index in [-0.39, 0.29) is 12.2 Å². The van der Waals surface area contributed by atoms with Crippen molar-refractivity contribution in [1.29, 1.82) is 0 Å². The van der Waals surface area contributed by atoms with Crippen LogP contribution in [0.3, 0.4) is 0 Å². The highest BCUT2D eigenvalue weighted by atomic mass is 79.9. The molecule has 0 heterocycles. The van der Waals surface area contributed by atoms with E-state index in [4.69, 9.17) is 0 Å². The number of hydrogen-bond donors (Lipinski definition) is 1. The first kappa shape index (κ1) is 15.1. The molecular weight excluding hydrogens is 331 g/mol. The third-order valence-electron chi connectivity index (χ3n) is 3.12. The van der Waals surface area contributed by atoms with Crippen LogP contribution in [-0.4, -0.2) is 7.05 Å². The quantitative estimate of drug-likeness (QED) is 0.869. The van der Waals surface area contributed by atoms with E-state index in [1.807, 2.05) is 0 Å². The molecule has 0 saturated carbocycles. The van der Waals surface area contributed by atoms with E-state index in [2.05, 4.69) is 21.2 Å². The molecule has 0 amide bonds. The number of benzene rings is 2. The fraction of sp³-hybridized carbons (Fsp3) is 0.200. The maximum Gasteiger partial charge on any atom is 0.130 e. The molecule has 0 bridgehead atoms. The largest absolute Gasteiger partial charge is 0.313 e. The van der Waals surface area contributed by atoms with Crippen molar-refractivity contribution < 1.29 is 13.2 Å². The van der Waals surface area contributed by atoms with E-state index in [1.165, 1.54) is 18.2 Å². The molecule has 0 aliphatic rings. The zero-order valence-corrected chi connectivity index (χ0v) is 12.3. The molecule has 5 heteroatoms. The summed E-state index contributed by atoms with van der Waals surface area (Å²) < 4.78 is 41.2. The fourth-order valence-electron chi connectivity index (χ4n) is 2.07. The van der Waals surface area contributed by atoms with E-state index in [0.29, 0.717) is 11.1 Å². The maximum atomic E-state index is 13.8. The lowest BCUT2D eigenvalue weighted by molar-refractivity contribution is 0.511. The first-order chi connectivity index (χ1) is 9.51. The number of halogens is 4. The van der Waals surface area contributed by atoms with Gasteiger partial charge in [0.15, 0.2) is 0 Å². The van der Waals surface area contributed by atoms with Crippen LogP contribution in [0.1, 0.15) is 17.2 Å². The minimum atomic E-state index is -0.639. The summed E-state index contributed by atoms with van der Waals surface area (Å²) in [7, 11) is 1.66. The van der Waals surface area contributed by atoms with Crippen molar-refractivity contribution in [2.75, 3.05) is 7.05 Å². The van der Waals surface area contributed by atoms with Gasteiger partial charge in [0.2, 0.25) is 0 Å². The topological polar surface area (TPSA) is 12.0 Å². The molecule has 106 valence electrons. The predicted octanol–water partition coefficient (Wildman–Crippen LogP) is 4.37. The lowest BCUT2D eigenvalue weighted by Gasteiger charge is -2.18. The van der Waals surface area contributed by atoms with Crippen LogP contribution in [0.25, 0.3) is 0 Å². The van der Waals surface area contributed by atoms with Gasteiger partial charge in [-0.05, 0) is 43.3 Å². The van der Waals surface area contributed by atoms with Gasteiger partial charge in [0, 0.05) is 22.1 Å². The van der Waals surface area contributed by atoms with Crippen LogP contribution in [0.4, 0.5) is 13.2 Å². The van der Waals surface area contributed by atoms with Crippen molar-refractivity contribution in [2.24, 2.45) is 0 Å². The van der Waals surface area contributed by atoms with E-state index < -0.39 is 17.7 Å². The molecule has 0 aromatic heterocycles. The first-order valence-corrected chi connectivity index (χ1v) is 6.86. The zero-order chi connectivity index (χ0) is 14.7. The van der Waals surface area contributed by atoms with Gasteiger partial charge >= 0.3 is 0 Å². The Morgan fingerprint density at radius 1 is 1.05 bits per heavy atom. The molecule has 0 saturated heterocycles. The van der Waals surface area contributed by atoms with Gasteiger partial charge in [-0.25, -0.2) is 13.2 Å². The van der Waals surface area contributed by atoms with Crippen LogP contribution < -0.4 is 5.32 Å². The van der Waals surface area contributed by atoms with Gasteiger partial charge < -0.3 is 5.32 Å². The van der Waals surface area contributed by atoms with Crippen molar-refractivity contribution in [3.63, 3.8) is 0 Å². The average Bonchev–Trinajstić information content (AvgIpc) is 2.40. The fourth-order valence-corrected chi connectivity index (χ4v) is 2.48. The Morgan fingerprint density at radius 2 is 1.80 bits per heavy atom. The highest BCUT2D eigenvalue weighted by Crippen LogP contribution is 2.24. The van der Waals surface area contributed by atoms with E-state index in [0.717, 1.165) is 10.5 Å². The van der Waals surface area contributed by atoms with Crippen LogP contribution >= 0.6 is 15.9 Å². The Kier molecular flexibility index (Phi) is 4.83. The monoisotopic (exact) mass is 343 g/mol. The van der Waals surface area contributed by atoms with Crippen molar-refractivity contribution in [3.8, 4) is 0 Å². The van der Waals surface area contributed by atoms with Crippen LogP contribution in [0.15, 0.2) is 40.9 Å². The number of rotatable bonds is 4. The highest BCUT2D eigenvalue weighted by Gasteiger charge is 2.17. The molecule has 20 heavy (non-hydrogen) atoms. The van der Waals surface area contributed by atoms with E-state index in [9.17, 15) is 13.2 Å². The molecule has 1 nitrogen and oxygen atoms in total. The molecule has 2 aromatic carbocycles. The van der Waals surface area contributed by atoms with Gasteiger partial charge in [0.05, 0.1) is 0 Å². The minimum absolute atomic E-state index is 0.268. The summed E-state index contributed by atoms with van der Waals surface area (Å²) in [6.07, 6.45) is 0.268. The van der Waals surface area contributed by atoms with Crippen LogP contribution in [0, 0.1) is 17.5 Å². The molecule has 1 N–H and O–H groups in total. The highest BCUT2D eigenvalue weighted by molar-refractivity contribution is 9.10. The molecular formula is C15H13BrF3N. The van der Waals surface area contributed by atoms with Gasteiger partial charge in [-0.1, -0.05) is 22.0 Å². The molecule has 0 radical (unpaired) electrons. The Morgan fingerprint density at radius 3 is 2.45 bits per heavy atom. The van der Waals surface area contributed by atoms with Gasteiger partial charge in [-0.15, -0.1) is 0 Å². The Balaban J connectivity index is 2.31. The molecule has 0 spiro atoms. The van der Waals surface area contributed by atoms with Crippen molar-refractivity contribution >= 4 is 15.9 Å². The van der Waals surface area contributed by atoms with Gasteiger partial charge in [0.1, 0.15) is 17.5 Å². The third-order valence-corrected chi connectivity index (χ3v) is 3.61. The number of hydrogen-bond acceptors (Lipinski definition) is 1. The number of likely N-dealkylation sites (N-methyl/N-ethyl adjacent to an activating group) is 1. The van der Waals surface area contributed by atoms with E-state index >= 15 is 0 Å². The number of nitrogens with one attached hydrogen (secondary N) is 1. The summed E-state index contributed by atoms with van der Waals surface area (Å²) in [4.78, 5) is 0. The van der Waals surface area contributed by atoms with Crippen LogP contribution in [0.5, 0.6) is 0 Å². The molecule has 0 aliphatic heterocycles. The zero-order valence-electron chi connectivity index (χ0n) is 10.8. The average molecular weight is 344 g/mol. The predicted molar refractivity (Wildman–Crippen MR) is 76.0 cm³/mol. The first-order valence-electron chi connectivity index (χ1n) is 6.07. The molecule has 1 atom stereocenters. The Labute approximate surface area is 123 Å². The SMILES string of the molecule is CNC(Cc1cc(Br)ccc1F)c1ccc(F)cc1F. The minimum Gasteiger partial charge on any atom is -0.313 e. The summed E-state index contributed by atoms with van der Waals surface area (Å²) in [5.74, 6) is -1.62. The second-order valence-electron chi connectivity index (χ2n) is 4.45. The standard InChI is InChI=1S/C15H13BrF3N/c1-20-15(12-4-3-11(17)8-14(12)19)7-9-6-10(16)2-5-13(9)18/h2-6,8,15,20H,7H2,1H3. The lowest BCUT2D eigenvalue weighted by Crippen LogP contribution is -2.20. The Bertz CT molecular complexity index is 616. The smallest absolute Gasteiger partial charge is 0.130 e. The third kappa shape index (κ3) is 3.41. The second-order valence-corrected chi connectivity index (χ2v) is 5.36. The summed E-state index contributed by atoms with van der Waals surface area (Å²) in [5.41, 5.74) is 0.774. The second kappa shape index (κ2) is 6.41. The van der Waals surface area contributed by atoms with Crippen molar-refractivity contribution in [2.45, 2.75) is 12.5 Å². The van der Waals surface area contributed by atoms with E-state index in [1.54, 1.807) is 19.2 Å². The molecule has 2 aromatic rings. The van der Waals surface area contributed by atoms with Crippen molar-refractivity contribution in [3.05, 3.63) is 69.4 Å². The summed E-state index contributed by atoms with van der Waals surface area (Å²) in [5, 5.41) is 2.93. The lowest BCUT2D eigenvalue weighted by atomic mass is 9.98. The van der Waals surface area contributed by atoms with Gasteiger partial charge in [0.25, 0.3) is 0 Å².